The maximum atomic E-state index is 12.4. The Morgan fingerprint density at radius 1 is 1.28 bits per heavy atom. The molecule has 140 valence electrons. The molecule has 0 aromatic carbocycles. The van der Waals surface area contributed by atoms with Gasteiger partial charge in [-0.1, -0.05) is 6.07 Å². The highest BCUT2D eigenvalue weighted by atomic mass is 32.2. The molecule has 0 aliphatic carbocycles. The van der Waals surface area contributed by atoms with Gasteiger partial charge in [0.2, 0.25) is 11.8 Å². The third-order valence-electron chi connectivity index (χ3n) is 4.09. The standard InChI is InChI=1S/C15H24N4O4S2/c1-18(2)8-7-13(20)16-17-15(21)12-5-9-19(10-6-12)25(22,23)14-4-3-11-24-14/h3-4,11-12H,5-10H2,1-2H3,(H,16,20)(H,17,21)/p+1. The van der Waals surface area contributed by atoms with Crippen molar-refractivity contribution in [3.63, 3.8) is 0 Å². The van der Waals surface area contributed by atoms with E-state index in [1.54, 1.807) is 17.5 Å². The largest absolute Gasteiger partial charge is 0.339 e. The number of carbonyl (C=O) groups is 2. The molecule has 1 aliphatic rings. The van der Waals surface area contributed by atoms with E-state index in [0.717, 1.165) is 4.90 Å². The molecule has 0 radical (unpaired) electrons. The topological polar surface area (TPSA) is 100 Å². The van der Waals surface area contributed by atoms with Gasteiger partial charge in [-0.25, -0.2) is 8.42 Å². The minimum Gasteiger partial charge on any atom is -0.339 e. The molecule has 0 saturated carbocycles. The molecule has 10 heteroatoms. The van der Waals surface area contributed by atoms with Gasteiger partial charge in [0.1, 0.15) is 4.21 Å². The van der Waals surface area contributed by atoms with E-state index < -0.39 is 10.0 Å². The summed E-state index contributed by atoms with van der Waals surface area (Å²) in [4.78, 5) is 24.9. The summed E-state index contributed by atoms with van der Waals surface area (Å²) in [7, 11) is 0.436. The van der Waals surface area contributed by atoms with E-state index in [1.807, 2.05) is 14.1 Å². The predicted octanol–water partition coefficient (Wildman–Crippen LogP) is -1.17. The minimum atomic E-state index is -3.46. The van der Waals surface area contributed by atoms with Crippen LogP contribution in [0.25, 0.3) is 0 Å². The van der Waals surface area contributed by atoms with Crippen LogP contribution in [-0.4, -0.2) is 58.3 Å². The van der Waals surface area contributed by atoms with Gasteiger partial charge in [0.15, 0.2) is 0 Å². The molecule has 2 heterocycles. The second-order valence-electron chi connectivity index (χ2n) is 6.35. The summed E-state index contributed by atoms with van der Waals surface area (Å²) in [5.41, 5.74) is 4.86. The highest BCUT2D eigenvalue weighted by Crippen LogP contribution is 2.26. The third-order valence-corrected chi connectivity index (χ3v) is 7.36. The van der Waals surface area contributed by atoms with Crippen molar-refractivity contribution >= 4 is 33.2 Å². The van der Waals surface area contributed by atoms with Gasteiger partial charge in [-0.2, -0.15) is 4.31 Å². The molecular formula is C15H25N4O4S2+. The minimum absolute atomic E-state index is 0.229. The van der Waals surface area contributed by atoms with Crippen molar-refractivity contribution in [2.75, 3.05) is 33.7 Å². The molecule has 1 aromatic rings. The van der Waals surface area contributed by atoms with Gasteiger partial charge in [0.25, 0.3) is 10.0 Å². The number of nitrogens with one attached hydrogen (secondary N) is 3. The number of rotatable bonds is 6. The zero-order valence-corrected chi connectivity index (χ0v) is 16.1. The Labute approximate surface area is 152 Å². The van der Waals surface area contributed by atoms with Gasteiger partial charge in [0, 0.05) is 19.0 Å². The summed E-state index contributed by atoms with van der Waals surface area (Å²) in [6.07, 6.45) is 1.21. The van der Waals surface area contributed by atoms with E-state index >= 15 is 0 Å². The van der Waals surface area contributed by atoms with E-state index in [2.05, 4.69) is 10.9 Å². The van der Waals surface area contributed by atoms with Gasteiger partial charge >= 0.3 is 0 Å². The predicted molar refractivity (Wildman–Crippen MR) is 94.4 cm³/mol. The van der Waals surface area contributed by atoms with Gasteiger partial charge < -0.3 is 4.90 Å². The smallest absolute Gasteiger partial charge is 0.252 e. The first-order valence-electron chi connectivity index (χ1n) is 8.22. The molecule has 1 aromatic heterocycles. The number of amides is 2. The van der Waals surface area contributed by atoms with Crippen molar-refractivity contribution in [1.29, 1.82) is 0 Å². The maximum Gasteiger partial charge on any atom is 0.252 e. The van der Waals surface area contributed by atoms with E-state index in [9.17, 15) is 18.0 Å². The number of carbonyl (C=O) groups excluding carboxylic acids is 2. The second kappa shape index (κ2) is 8.75. The molecule has 1 saturated heterocycles. The number of thiophene rings is 1. The van der Waals surface area contributed by atoms with E-state index in [4.69, 9.17) is 0 Å². The Morgan fingerprint density at radius 2 is 1.96 bits per heavy atom. The zero-order chi connectivity index (χ0) is 18.4. The van der Waals surface area contributed by atoms with Crippen molar-refractivity contribution in [3.05, 3.63) is 17.5 Å². The Morgan fingerprint density at radius 3 is 2.52 bits per heavy atom. The molecule has 0 unspecified atom stereocenters. The van der Waals surface area contributed by atoms with E-state index in [-0.39, 0.29) is 17.7 Å². The molecule has 0 spiro atoms. The summed E-state index contributed by atoms with van der Waals surface area (Å²) >= 11 is 1.19. The van der Waals surface area contributed by atoms with Crippen LogP contribution in [0.5, 0.6) is 0 Å². The maximum absolute atomic E-state index is 12.4. The molecule has 2 amide bonds. The van der Waals surface area contributed by atoms with Crippen molar-refractivity contribution in [3.8, 4) is 0 Å². The number of sulfonamides is 1. The number of nitrogens with zero attached hydrogens (tertiary/aromatic N) is 1. The van der Waals surface area contributed by atoms with Crippen LogP contribution < -0.4 is 15.8 Å². The summed E-state index contributed by atoms with van der Waals surface area (Å²) in [5, 5.41) is 1.73. The van der Waals surface area contributed by atoms with Crippen molar-refractivity contribution in [1.82, 2.24) is 15.2 Å². The van der Waals surface area contributed by atoms with E-state index in [1.165, 1.54) is 15.6 Å². The van der Waals surface area contributed by atoms with Crippen LogP contribution in [0.4, 0.5) is 0 Å². The Bertz CT molecular complexity index is 680. The first kappa shape index (κ1) is 19.8. The fraction of sp³-hybridized carbons (Fsp3) is 0.600. The van der Waals surface area contributed by atoms with Crippen LogP contribution in [0.3, 0.4) is 0 Å². The number of hydrazine groups is 1. The van der Waals surface area contributed by atoms with Gasteiger partial charge in [0.05, 0.1) is 27.1 Å². The highest BCUT2D eigenvalue weighted by Gasteiger charge is 2.32. The number of quaternary nitrogens is 1. The lowest BCUT2D eigenvalue weighted by atomic mass is 9.98. The second-order valence-corrected chi connectivity index (χ2v) is 9.47. The molecule has 25 heavy (non-hydrogen) atoms. The Balaban J connectivity index is 1.78. The fourth-order valence-corrected chi connectivity index (χ4v) is 5.17. The number of hydrogen-bond donors (Lipinski definition) is 3. The van der Waals surface area contributed by atoms with Crippen LogP contribution in [-0.2, 0) is 19.6 Å². The van der Waals surface area contributed by atoms with Crippen LogP contribution >= 0.6 is 11.3 Å². The molecule has 2 rings (SSSR count). The van der Waals surface area contributed by atoms with Gasteiger partial charge in [-0.3, -0.25) is 20.4 Å². The summed E-state index contributed by atoms with van der Waals surface area (Å²) < 4.78 is 26.6. The quantitative estimate of drug-likeness (QED) is 0.534. The van der Waals surface area contributed by atoms with E-state index in [0.29, 0.717) is 43.1 Å². The summed E-state index contributed by atoms with van der Waals surface area (Å²) in [5.74, 6) is -0.791. The lowest BCUT2D eigenvalue weighted by Gasteiger charge is -2.30. The zero-order valence-electron chi connectivity index (χ0n) is 14.4. The van der Waals surface area contributed by atoms with Crippen LogP contribution in [0, 0.1) is 5.92 Å². The number of piperidine rings is 1. The van der Waals surface area contributed by atoms with Crippen molar-refractivity contribution in [2.24, 2.45) is 5.92 Å². The molecule has 8 nitrogen and oxygen atoms in total. The monoisotopic (exact) mass is 389 g/mol. The third kappa shape index (κ3) is 5.50. The lowest BCUT2D eigenvalue weighted by molar-refractivity contribution is -0.857. The first-order chi connectivity index (χ1) is 11.8. The highest BCUT2D eigenvalue weighted by molar-refractivity contribution is 7.91. The van der Waals surface area contributed by atoms with Crippen LogP contribution in [0.2, 0.25) is 0 Å². The van der Waals surface area contributed by atoms with Crippen molar-refractivity contribution < 1.29 is 22.9 Å². The molecule has 1 aliphatic heterocycles. The van der Waals surface area contributed by atoms with Gasteiger partial charge in [-0.05, 0) is 24.3 Å². The lowest BCUT2D eigenvalue weighted by Crippen LogP contribution is -3.05. The average molecular weight is 390 g/mol. The van der Waals surface area contributed by atoms with Crippen LogP contribution in [0.15, 0.2) is 21.7 Å². The normalized spacial score (nSPS) is 16.8. The van der Waals surface area contributed by atoms with Crippen molar-refractivity contribution in [2.45, 2.75) is 23.5 Å². The first-order valence-corrected chi connectivity index (χ1v) is 10.5. The summed E-state index contributed by atoms with van der Waals surface area (Å²) in [6, 6.07) is 3.29. The molecule has 3 N–H and O–H groups in total. The number of hydrogen-bond acceptors (Lipinski definition) is 5. The fourth-order valence-electron chi connectivity index (χ4n) is 2.56. The SMILES string of the molecule is C[NH+](C)CCC(=O)NNC(=O)C1CCN(S(=O)(=O)c2cccs2)CC1. The molecule has 0 atom stereocenters. The Kier molecular flexibility index (Phi) is 6.94. The summed E-state index contributed by atoms with van der Waals surface area (Å²) in [6.45, 7) is 1.28. The molecule has 1 fully saturated rings. The molecular weight excluding hydrogens is 364 g/mol. The van der Waals surface area contributed by atoms with Crippen LogP contribution in [0.1, 0.15) is 19.3 Å². The molecule has 0 bridgehead atoms. The average Bonchev–Trinajstić information content (AvgIpc) is 3.13. The Hall–Kier alpha value is -1.49. The van der Waals surface area contributed by atoms with Gasteiger partial charge in [-0.15, -0.1) is 11.3 Å².